The summed E-state index contributed by atoms with van der Waals surface area (Å²) in [6, 6.07) is 8.91. The van der Waals surface area contributed by atoms with Crippen molar-refractivity contribution in [1.82, 2.24) is 14.0 Å². The number of benzene rings is 2. The summed E-state index contributed by atoms with van der Waals surface area (Å²) in [5, 5.41) is 1.26. The molecule has 0 bridgehead atoms. The Hall–Kier alpha value is -3.48. The molecule has 6 rings (SSSR count). The van der Waals surface area contributed by atoms with E-state index in [1.165, 1.54) is 41.1 Å². The van der Waals surface area contributed by atoms with E-state index in [1.54, 1.807) is 4.90 Å². The highest BCUT2D eigenvalue weighted by atomic mass is 19.1. The van der Waals surface area contributed by atoms with Crippen molar-refractivity contribution in [2.24, 2.45) is 0 Å². The number of hydrogen-bond acceptors (Lipinski definition) is 2. The molecule has 7 heteroatoms. The maximum Gasteiger partial charge on any atom is 0.263 e. The van der Waals surface area contributed by atoms with Crippen LogP contribution in [0.2, 0.25) is 0 Å². The van der Waals surface area contributed by atoms with E-state index >= 15 is 0 Å². The van der Waals surface area contributed by atoms with Crippen LogP contribution in [0.4, 0.5) is 8.78 Å². The second-order valence-electron chi connectivity index (χ2n) is 9.07. The quantitative estimate of drug-likeness (QED) is 0.434. The number of nitrogens with zero attached hydrogens (tertiary/aromatic N) is 3. The maximum absolute atomic E-state index is 14.7. The largest absolute Gasteiger partial charge is 0.344 e. The van der Waals surface area contributed by atoms with Crippen LogP contribution in [0.3, 0.4) is 0 Å². The third kappa shape index (κ3) is 3.34. The molecule has 0 spiro atoms. The summed E-state index contributed by atoms with van der Waals surface area (Å²) < 4.78 is 32.2. The summed E-state index contributed by atoms with van der Waals surface area (Å²) in [6.45, 7) is 1.26. The highest BCUT2D eigenvalue weighted by Crippen LogP contribution is 2.39. The molecule has 168 valence electrons. The van der Waals surface area contributed by atoms with Gasteiger partial charge in [0.15, 0.2) is 0 Å². The van der Waals surface area contributed by atoms with Crippen molar-refractivity contribution in [2.45, 2.75) is 38.1 Å². The number of carbonyl (C=O) groups excluding carboxylic acids is 1. The number of likely N-dealkylation sites (tertiary alicyclic amines) is 1. The molecule has 33 heavy (non-hydrogen) atoms. The average molecular weight is 447 g/mol. The van der Waals surface area contributed by atoms with E-state index < -0.39 is 17.2 Å². The van der Waals surface area contributed by atoms with Gasteiger partial charge < -0.3 is 9.47 Å². The molecule has 0 radical (unpaired) electrons. The van der Waals surface area contributed by atoms with Gasteiger partial charge in [0.05, 0.1) is 16.8 Å². The first-order chi connectivity index (χ1) is 16.0. The summed E-state index contributed by atoms with van der Waals surface area (Å²) in [5.41, 5.74) is 0.951. The van der Waals surface area contributed by atoms with Gasteiger partial charge in [0, 0.05) is 47.7 Å². The molecule has 1 saturated heterocycles. The summed E-state index contributed by atoms with van der Waals surface area (Å²) in [6.07, 6.45) is 8.37. The zero-order chi connectivity index (χ0) is 22.7. The van der Waals surface area contributed by atoms with Gasteiger partial charge in [-0.05, 0) is 68.5 Å². The molecule has 4 aromatic rings. The van der Waals surface area contributed by atoms with E-state index in [2.05, 4.69) is 0 Å². The molecule has 2 fully saturated rings. The minimum absolute atomic E-state index is 0.234. The van der Waals surface area contributed by atoms with Crippen molar-refractivity contribution in [3.8, 4) is 5.69 Å². The smallest absolute Gasteiger partial charge is 0.263 e. The Morgan fingerprint density at radius 2 is 1.67 bits per heavy atom. The van der Waals surface area contributed by atoms with Crippen molar-refractivity contribution < 1.29 is 13.6 Å². The molecular formula is C26H23F2N3O2. The van der Waals surface area contributed by atoms with Crippen LogP contribution in [0.25, 0.3) is 27.4 Å². The van der Waals surface area contributed by atoms with Gasteiger partial charge in [0.25, 0.3) is 11.5 Å². The van der Waals surface area contributed by atoms with Gasteiger partial charge in [-0.2, -0.15) is 0 Å². The van der Waals surface area contributed by atoms with Crippen molar-refractivity contribution >= 4 is 27.6 Å². The lowest BCUT2D eigenvalue weighted by molar-refractivity contribution is 0.0725. The lowest BCUT2D eigenvalue weighted by Gasteiger charge is -2.27. The van der Waals surface area contributed by atoms with E-state index in [9.17, 15) is 18.4 Å². The van der Waals surface area contributed by atoms with Crippen LogP contribution in [-0.4, -0.2) is 33.0 Å². The molecule has 1 aliphatic heterocycles. The van der Waals surface area contributed by atoms with Crippen LogP contribution in [0.1, 0.15) is 48.5 Å². The number of aromatic nitrogens is 2. The lowest BCUT2D eigenvalue weighted by Crippen LogP contribution is -2.36. The summed E-state index contributed by atoms with van der Waals surface area (Å²) >= 11 is 0. The van der Waals surface area contributed by atoms with Gasteiger partial charge >= 0.3 is 0 Å². The normalized spacial score (nSPS) is 16.6. The summed E-state index contributed by atoms with van der Waals surface area (Å²) in [4.78, 5) is 28.7. The Morgan fingerprint density at radius 3 is 2.42 bits per heavy atom. The van der Waals surface area contributed by atoms with E-state index in [-0.39, 0.29) is 22.2 Å². The summed E-state index contributed by atoms with van der Waals surface area (Å²) in [5.74, 6) is -1.20. The Bertz CT molecular complexity index is 1480. The Morgan fingerprint density at radius 1 is 0.879 bits per heavy atom. The van der Waals surface area contributed by atoms with E-state index in [0.29, 0.717) is 24.8 Å². The first-order valence-electron chi connectivity index (χ1n) is 11.5. The number of piperidine rings is 1. The highest BCUT2D eigenvalue weighted by molar-refractivity contribution is 6.07. The molecule has 5 nitrogen and oxygen atoms in total. The van der Waals surface area contributed by atoms with Crippen LogP contribution in [0.15, 0.2) is 53.6 Å². The molecule has 3 heterocycles. The highest BCUT2D eigenvalue weighted by Gasteiger charge is 2.27. The van der Waals surface area contributed by atoms with E-state index in [4.69, 9.17) is 0 Å². The molecule has 2 aliphatic rings. The van der Waals surface area contributed by atoms with Gasteiger partial charge in [0.2, 0.25) is 0 Å². The Kier molecular flexibility index (Phi) is 4.60. The molecule has 2 aromatic carbocycles. The minimum atomic E-state index is -0.512. The topological polar surface area (TPSA) is 47.2 Å². The van der Waals surface area contributed by atoms with Crippen LogP contribution >= 0.6 is 0 Å². The van der Waals surface area contributed by atoms with Crippen LogP contribution in [-0.2, 0) is 0 Å². The zero-order valence-corrected chi connectivity index (χ0v) is 18.1. The number of fused-ring (bicyclic) bond motifs is 2. The molecule has 1 amide bonds. The van der Waals surface area contributed by atoms with Gasteiger partial charge in [-0.15, -0.1) is 0 Å². The average Bonchev–Trinajstić information content (AvgIpc) is 3.58. The van der Waals surface area contributed by atoms with Crippen molar-refractivity contribution in [2.75, 3.05) is 13.1 Å². The maximum atomic E-state index is 14.7. The molecular weight excluding hydrogens is 424 g/mol. The van der Waals surface area contributed by atoms with Gasteiger partial charge in [0.1, 0.15) is 11.6 Å². The van der Waals surface area contributed by atoms with E-state index in [0.717, 1.165) is 43.0 Å². The number of halogens is 2. The fraction of sp³-hybridized carbons (Fsp3) is 0.308. The van der Waals surface area contributed by atoms with Crippen LogP contribution < -0.4 is 5.56 Å². The third-order valence-electron chi connectivity index (χ3n) is 6.83. The molecule has 0 unspecified atom stereocenters. The SMILES string of the molecule is O=C(c1cn(-c2cc(F)cc3c2ccn3C2CC2)c(=O)c2ccc(F)cc12)N1CCCCC1. The summed E-state index contributed by atoms with van der Waals surface area (Å²) in [7, 11) is 0. The van der Waals surface area contributed by atoms with Gasteiger partial charge in [-0.3, -0.25) is 14.2 Å². The molecule has 1 saturated carbocycles. The second kappa shape index (κ2) is 7.54. The van der Waals surface area contributed by atoms with Crippen LogP contribution in [0.5, 0.6) is 0 Å². The minimum Gasteiger partial charge on any atom is -0.344 e. The third-order valence-corrected chi connectivity index (χ3v) is 6.83. The molecule has 0 N–H and O–H groups in total. The number of carbonyl (C=O) groups is 1. The fourth-order valence-electron chi connectivity index (χ4n) is 5.01. The van der Waals surface area contributed by atoms with Gasteiger partial charge in [-0.25, -0.2) is 8.78 Å². The second-order valence-corrected chi connectivity index (χ2v) is 9.07. The standard InChI is InChI=1S/C26H23F2N3O2/c27-16-4-7-19-21(12-16)22(25(32)29-9-2-1-3-10-29)15-31(26(19)33)24-14-17(28)13-23-20(24)8-11-30(23)18-5-6-18/h4,7-8,11-15,18H,1-3,5-6,9-10H2. The van der Waals surface area contributed by atoms with Crippen molar-refractivity contribution in [1.29, 1.82) is 0 Å². The number of amides is 1. The fourth-order valence-corrected chi connectivity index (χ4v) is 5.01. The van der Waals surface area contributed by atoms with Gasteiger partial charge in [-0.1, -0.05) is 0 Å². The van der Waals surface area contributed by atoms with Crippen LogP contribution in [0, 0.1) is 11.6 Å². The first kappa shape index (κ1) is 20.1. The molecule has 1 aliphatic carbocycles. The predicted octanol–water partition coefficient (Wildman–Crippen LogP) is 5.18. The Labute approximate surface area is 188 Å². The number of hydrogen-bond donors (Lipinski definition) is 0. The lowest BCUT2D eigenvalue weighted by atomic mass is 10.0. The zero-order valence-electron chi connectivity index (χ0n) is 18.1. The van der Waals surface area contributed by atoms with E-state index in [1.807, 2.05) is 16.8 Å². The first-order valence-corrected chi connectivity index (χ1v) is 11.5. The number of rotatable bonds is 3. The van der Waals surface area contributed by atoms with Crippen molar-refractivity contribution in [3.63, 3.8) is 0 Å². The monoisotopic (exact) mass is 447 g/mol. The predicted molar refractivity (Wildman–Crippen MR) is 123 cm³/mol. The van der Waals surface area contributed by atoms with Crippen molar-refractivity contribution in [3.05, 3.63) is 76.3 Å². The molecule has 2 aromatic heterocycles. The number of pyridine rings is 1. The molecule has 0 atom stereocenters. The Balaban J connectivity index is 1.61.